The average molecular weight is 365 g/mol. The number of aliphatic carboxylic acids is 1. The highest BCUT2D eigenvalue weighted by Gasteiger charge is 2.28. The number of aromatic nitrogens is 3. The second-order valence-corrected chi connectivity index (χ2v) is 6.37. The molecular weight excluding hydrogens is 348 g/mol. The molecule has 0 unspecified atom stereocenters. The molecule has 8 nitrogen and oxygen atoms in total. The highest BCUT2D eigenvalue weighted by Crippen LogP contribution is 2.27. The van der Waals surface area contributed by atoms with Crippen LogP contribution >= 0.6 is 11.6 Å². The maximum absolute atomic E-state index is 12.7. The van der Waals surface area contributed by atoms with Gasteiger partial charge in [-0.1, -0.05) is 11.6 Å². The number of carbonyl (C=O) groups is 2. The molecular formula is C16H17ClN4O4. The number of H-pyrrole nitrogens is 1. The summed E-state index contributed by atoms with van der Waals surface area (Å²) in [5.74, 6) is -1.17. The van der Waals surface area contributed by atoms with Crippen molar-refractivity contribution in [2.45, 2.75) is 25.3 Å². The van der Waals surface area contributed by atoms with Gasteiger partial charge < -0.3 is 15.0 Å². The Balaban J connectivity index is 1.78. The SMILES string of the molecule is O=C(O)Cn1nccc1[C@H]1CCCN(C(=O)c2c[nH]c(=O)c(Cl)c2)C1. The van der Waals surface area contributed by atoms with Crippen LogP contribution in [0.15, 0.2) is 29.3 Å². The van der Waals surface area contributed by atoms with Crippen molar-refractivity contribution in [3.63, 3.8) is 0 Å². The molecule has 0 spiro atoms. The van der Waals surface area contributed by atoms with E-state index in [1.54, 1.807) is 17.2 Å². The van der Waals surface area contributed by atoms with Crippen LogP contribution < -0.4 is 5.56 Å². The molecule has 132 valence electrons. The van der Waals surface area contributed by atoms with Crippen molar-refractivity contribution < 1.29 is 14.7 Å². The lowest BCUT2D eigenvalue weighted by Crippen LogP contribution is -2.40. The maximum atomic E-state index is 12.7. The zero-order chi connectivity index (χ0) is 18.0. The molecule has 25 heavy (non-hydrogen) atoms. The number of piperidine rings is 1. The lowest BCUT2D eigenvalue weighted by molar-refractivity contribution is -0.137. The number of aromatic amines is 1. The summed E-state index contributed by atoms with van der Waals surface area (Å²) >= 11 is 5.79. The summed E-state index contributed by atoms with van der Waals surface area (Å²) in [5, 5.41) is 13.0. The van der Waals surface area contributed by atoms with E-state index in [-0.39, 0.29) is 23.4 Å². The van der Waals surface area contributed by atoms with E-state index in [4.69, 9.17) is 16.7 Å². The van der Waals surface area contributed by atoms with Crippen molar-refractivity contribution in [2.24, 2.45) is 0 Å². The van der Waals surface area contributed by atoms with Crippen LogP contribution in [0.3, 0.4) is 0 Å². The first-order valence-electron chi connectivity index (χ1n) is 7.86. The van der Waals surface area contributed by atoms with Gasteiger partial charge in [-0.2, -0.15) is 5.10 Å². The number of nitrogens with zero attached hydrogens (tertiary/aromatic N) is 3. The number of likely N-dealkylation sites (tertiary alicyclic amines) is 1. The van der Waals surface area contributed by atoms with Crippen molar-refractivity contribution in [3.05, 3.63) is 51.2 Å². The van der Waals surface area contributed by atoms with Gasteiger partial charge in [-0.05, 0) is 25.0 Å². The average Bonchev–Trinajstić information content (AvgIpc) is 3.04. The monoisotopic (exact) mass is 364 g/mol. The first-order valence-corrected chi connectivity index (χ1v) is 8.24. The third-order valence-corrected chi connectivity index (χ3v) is 4.55. The molecule has 3 rings (SSSR count). The molecule has 0 bridgehead atoms. The quantitative estimate of drug-likeness (QED) is 0.850. The van der Waals surface area contributed by atoms with Gasteiger partial charge in [0.1, 0.15) is 11.6 Å². The Morgan fingerprint density at radius 1 is 1.44 bits per heavy atom. The minimum absolute atomic E-state index is 0.0118. The summed E-state index contributed by atoms with van der Waals surface area (Å²) < 4.78 is 1.46. The number of amides is 1. The molecule has 1 atom stereocenters. The Morgan fingerprint density at radius 3 is 2.96 bits per heavy atom. The molecule has 3 heterocycles. The third-order valence-electron chi connectivity index (χ3n) is 4.27. The molecule has 9 heteroatoms. The van der Waals surface area contributed by atoms with E-state index in [1.807, 2.05) is 0 Å². The van der Waals surface area contributed by atoms with Crippen LogP contribution in [0.25, 0.3) is 0 Å². The standard InChI is InChI=1S/C16H17ClN4O4/c17-12-6-11(7-18-15(12)24)16(25)20-5-1-2-10(8-20)13-3-4-19-21(13)9-14(22)23/h3-4,6-7,10H,1-2,5,8-9H2,(H,18,24)(H,22,23)/t10-/m0/s1. The van der Waals surface area contributed by atoms with E-state index in [0.717, 1.165) is 18.5 Å². The largest absolute Gasteiger partial charge is 0.480 e. The Hall–Kier alpha value is -2.61. The van der Waals surface area contributed by atoms with Crippen molar-refractivity contribution in [1.82, 2.24) is 19.7 Å². The predicted octanol–water partition coefficient (Wildman–Crippen LogP) is 1.33. The van der Waals surface area contributed by atoms with E-state index >= 15 is 0 Å². The van der Waals surface area contributed by atoms with Crippen LogP contribution in [-0.2, 0) is 11.3 Å². The number of rotatable bonds is 4. The van der Waals surface area contributed by atoms with Gasteiger partial charge in [0.15, 0.2) is 0 Å². The van der Waals surface area contributed by atoms with Crippen LogP contribution in [0, 0.1) is 0 Å². The Kier molecular flexibility index (Phi) is 4.89. The van der Waals surface area contributed by atoms with Crippen LogP contribution in [-0.4, -0.2) is 49.7 Å². The molecule has 2 aromatic rings. The van der Waals surface area contributed by atoms with Gasteiger partial charge in [0.25, 0.3) is 11.5 Å². The smallest absolute Gasteiger partial charge is 0.325 e. The summed E-state index contributed by atoms with van der Waals surface area (Å²) in [7, 11) is 0. The fourth-order valence-corrected chi connectivity index (χ4v) is 3.29. The Labute approximate surface area is 148 Å². The molecule has 0 saturated carbocycles. The maximum Gasteiger partial charge on any atom is 0.325 e. The number of carbonyl (C=O) groups excluding carboxylic acids is 1. The number of carboxylic acid groups (broad SMARTS) is 1. The highest BCUT2D eigenvalue weighted by atomic mass is 35.5. The lowest BCUT2D eigenvalue weighted by Gasteiger charge is -2.33. The van der Waals surface area contributed by atoms with Gasteiger partial charge in [0.2, 0.25) is 0 Å². The molecule has 1 aliphatic heterocycles. The first-order chi connectivity index (χ1) is 12.0. The van der Waals surface area contributed by atoms with Crippen molar-refractivity contribution in [3.8, 4) is 0 Å². The molecule has 1 fully saturated rings. The van der Waals surface area contributed by atoms with Gasteiger partial charge in [0, 0.05) is 37.1 Å². The second kappa shape index (κ2) is 7.10. The first kappa shape index (κ1) is 17.2. The minimum atomic E-state index is -0.962. The minimum Gasteiger partial charge on any atom is -0.480 e. The Bertz CT molecular complexity index is 860. The van der Waals surface area contributed by atoms with Crippen LogP contribution in [0.2, 0.25) is 5.02 Å². The molecule has 0 radical (unpaired) electrons. The molecule has 1 aliphatic rings. The fourth-order valence-electron chi connectivity index (χ4n) is 3.11. The number of pyridine rings is 1. The second-order valence-electron chi connectivity index (χ2n) is 5.96. The molecule has 2 N–H and O–H groups in total. The third kappa shape index (κ3) is 3.74. The van der Waals surface area contributed by atoms with Crippen LogP contribution in [0.4, 0.5) is 0 Å². The van der Waals surface area contributed by atoms with Gasteiger partial charge in [-0.15, -0.1) is 0 Å². The van der Waals surface area contributed by atoms with Gasteiger partial charge in [0.05, 0.1) is 5.56 Å². The van der Waals surface area contributed by atoms with E-state index in [9.17, 15) is 14.4 Å². The van der Waals surface area contributed by atoms with E-state index in [2.05, 4.69) is 10.1 Å². The van der Waals surface area contributed by atoms with E-state index < -0.39 is 11.5 Å². The van der Waals surface area contributed by atoms with Crippen LogP contribution in [0.1, 0.15) is 34.8 Å². The zero-order valence-corrected chi connectivity index (χ0v) is 14.1. The van der Waals surface area contributed by atoms with E-state index in [0.29, 0.717) is 18.7 Å². The van der Waals surface area contributed by atoms with Crippen molar-refractivity contribution >= 4 is 23.5 Å². The van der Waals surface area contributed by atoms with Gasteiger partial charge in [-0.25, -0.2) is 0 Å². The Morgan fingerprint density at radius 2 is 2.24 bits per heavy atom. The fraction of sp³-hybridized carbons (Fsp3) is 0.375. The molecule has 2 aromatic heterocycles. The molecule has 1 saturated heterocycles. The summed E-state index contributed by atoms with van der Waals surface area (Å²) in [6.45, 7) is 0.850. The molecule has 1 amide bonds. The van der Waals surface area contributed by atoms with Gasteiger partial charge >= 0.3 is 5.97 Å². The summed E-state index contributed by atoms with van der Waals surface area (Å²) in [5.41, 5.74) is 0.691. The number of halogens is 1. The van der Waals surface area contributed by atoms with Crippen molar-refractivity contribution in [2.75, 3.05) is 13.1 Å². The van der Waals surface area contributed by atoms with E-state index in [1.165, 1.54) is 16.9 Å². The number of hydrogen-bond donors (Lipinski definition) is 2. The lowest BCUT2D eigenvalue weighted by atomic mass is 9.94. The number of hydrogen-bond acceptors (Lipinski definition) is 4. The summed E-state index contributed by atoms with van der Waals surface area (Å²) in [6.07, 6.45) is 4.57. The highest BCUT2D eigenvalue weighted by molar-refractivity contribution is 6.30. The van der Waals surface area contributed by atoms with Crippen LogP contribution in [0.5, 0.6) is 0 Å². The van der Waals surface area contributed by atoms with Crippen molar-refractivity contribution in [1.29, 1.82) is 0 Å². The zero-order valence-electron chi connectivity index (χ0n) is 13.3. The summed E-state index contributed by atoms with van der Waals surface area (Å²) in [6, 6.07) is 3.15. The normalized spacial score (nSPS) is 17.5. The molecule has 0 aliphatic carbocycles. The number of nitrogens with one attached hydrogen (secondary N) is 1. The predicted molar refractivity (Wildman–Crippen MR) is 89.8 cm³/mol. The topological polar surface area (TPSA) is 108 Å². The number of carboxylic acids is 1. The van der Waals surface area contributed by atoms with Gasteiger partial charge in [-0.3, -0.25) is 19.1 Å². The summed E-state index contributed by atoms with van der Waals surface area (Å²) in [4.78, 5) is 39.1. The molecule has 0 aromatic carbocycles.